The number of rotatable bonds is 4. The number of carbonyl (C=O) groups is 2. The molecular weight excluding hydrogens is 348 g/mol. The summed E-state index contributed by atoms with van der Waals surface area (Å²) in [5.74, 6) is -1.29. The second kappa shape index (κ2) is 6.89. The van der Waals surface area contributed by atoms with Gasteiger partial charge in [-0.05, 0) is 19.2 Å². The zero-order chi connectivity index (χ0) is 18.1. The zero-order valence-corrected chi connectivity index (χ0v) is 14.5. The van der Waals surface area contributed by atoms with Crippen LogP contribution in [0.5, 0.6) is 0 Å². The maximum atomic E-state index is 12.5. The minimum Gasteiger partial charge on any atom is -0.408 e. The summed E-state index contributed by atoms with van der Waals surface area (Å²) in [6, 6.07) is 4.23. The molecule has 0 bridgehead atoms. The SMILES string of the molecule is CN1CCN(C(=O)CCn2c(=O)oc3cc(Cl)ccc32)C(C(N)=O)C1. The van der Waals surface area contributed by atoms with Crippen LogP contribution in [-0.2, 0) is 16.1 Å². The highest BCUT2D eigenvalue weighted by Gasteiger charge is 2.32. The summed E-state index contributed by atoms with van der Waals surface area (Å²) >= 11 is 5.89. The molecule has 1 aliphatic rings. The van der Waals surface area contributed by atoms with Crippen molar-refractivity contribution in [1.29, 1.82) is 0 Å². The number of nitrogens with zero attached hydrogens (tertiary/aromatic N) is 3. The number of primary amides is 1. The van der Waals surface area contributed by atoms with E-state index in [0.717, 1.165) is 0 Å². The number of hydrogen-bond donors (Lipinski definition) is 1. The quantitative estimate of drug-likeness (QED) is 0.836. The Morgan fingerprint density at radius 1 is 1.36 bits per heavy atom. The van der Waals surface area contributed by atoms with Gasteiger partial charge in [0, 0.05) is 43.7 Å². The van der Waals surface area contributed by atoms with Crippen LogP contribution in [0, 0.1) is 0 Å². The van der Waals surface area contributed by atoms with Crippen molar-refractivity contribution in [2.75, 3.05) is 26.7 Å². The van der Waals surface area contributed by atoms with Gasteiger partial charge in [0.2, 0.25) is 11.8 Å². The molecule has 1 saturated heterocycles. The van der Waals surface area contributed by atoms with E-state index in [9.17, 15) is 14.4 Å². The first-order valence-electron chi connectivity index (χ1n) is 7.93. The molecule has 1 unspecified atom stereocenters. The molecule has 8 nitrogen and oxygen atoms in total. The van der Waals surface area contributed by atoms with Crippen molar-refractivity contribution in [3.05, 3.63) is 33.8 Å². The van der Waals surface area contributed by atoms with Crippen molar-refractivity contribution in [1.82, 2.24) is 14.4 Å². The third-order valence-electron chi connectivity index (χ3n) is 4.41. The van der Waals surface area contributed by atoms with E-state index in [0.29, 0.717) is 35.8 Å². The van der Waals surface area contributed by atoms with Crippen LogP contribution in [-0.4, -0.2) is 58.9 Å². The highest BCUT2D eigenvalue weighted by molar-refractivity contribution is 6.31. The number of piperazine rings is 1. The topological polar surface area (TPSA) is 102 Å². The lowest BCUT2D eigenvalue weighted by molar-refractivity contribution is -0.142. The number of aromatic nitrogens is 1. The maximum absolute atomic E-state index is 12.5. The van der Waals surface area contributed by atoms with Gasteiger partial charge in [0.05, 0.1) is 5.52 Å². The Kier molecular flexibility index (Phi) is 4.82. The highest BCUT2D eigenvalue weighted by Crippen LogP contribution is 2.19. The van der Waals surface area contributed by atoms with Gasteiger partial charge < -0.3 is 20.0 Å². The van der Waals surface area contributed by atoms with Gasteiger partial charge in [0.25, 0.3) is 0 Å². The van der Waals surface area contributed by atoms with Gasteiger partial charge in [-0.15, -0.1) is 0 Å². The Hall–Kier alpha value is -2.32. The molecule has 0 saturated carbocycles. The van der Waals surface area contributed by atoms with E-state index in [2.05, 4.69) is 0 Å². The molecule has 0 aliphatic carbocycles. The Balaban J connectivity index is 1.75. The molecule has 0 radical (unpaired) electrons. The first-order valence-corrected chi connectivity index (χ1v) is 8.31. The van der Waals surface area contributed by atoms with E-state index in [1.54, 1.807) is 18.2 Å². The normalized spacial score (nSPS) is 18.6. The summed E-state index contributed by atoms with van der Waals surface area (Å²) in [6.07, 6.45) is 0.0741. The van der Waals surface area contributed by atoms with Crippen LogP contribution in [0.25, 0.3) is 11.1 Å². The number of halogens is 1. The van der Waals surface area contributed by atoms with Crippen molar-refractivity contribution >= 4 is 34.5 Å². The number of nitrogens with two attached hydrogens (primary N) is 1. The van der Waals surface area contributed by atoms with Crippen LogP contribution in [0.2, 0.25) is 5.02 Å². The monoisotopic (exact) mass is 366 g/mol. The second-order valence-electron chi connectivity index (χ2n) is 6.15. The fourth-order valence-corrected chi connectivity index (χ4v) is 3.23. The lowest BCUT2D eigenvalue weighted by Crippen LogP contribution is -2.59. The van der Waals surface area contributed by atoms with E-state index in [1.165, 1.54) is 9.47 Å². The number of fused-ring (bicyclic) bond motifs is 1. The molecule has 3 rings (SSSR count). The molecule has 0 spiro atoms. The number of aryl methyl sites for hydroxylation is 1. The number of hydrogen-bond acceptors (Lipinski definition) is 5. The summed E-state index contributed by atoms with van der Waals surface area (Å²) < 4.78 is 6.54. The van der Waals surface area contributed by atoms with Gasteiger partial charge in [-0.2, -0.15) is 0 Å². The molecule has 1 aromatic heterocycles. The van der Waals surface area contributed by atoms with Gasteiger partial charge in [-0.1, -0.05) is 11.6 Å². The van der Waals surface area contributed by atoms with Gasteiger partial charge >= 0.3 is 5.76 Å². The molecule has 2 aromatic rings. The lowest BCUT2D eigenvalue weighted by atomic mass is 10.1. The van der Waals surface area contributed by atoms with Crippen molar-refractivity contribution in [2.45, 2.75) is 19.0 Å². The molecule has 134 valence electrons. The predicted octanol–water partition coefficient (Wildman–Crippen LogP) is 0.266. The van der Waals surface area contributed by atoms with E-state index >= 15 is 0 Å². The highest BCUT2D eigenvalue weighted by atomic mass is 35.5. The Morgan fingerprint density at radius 2 is 2.12 bits per heavy atom. The Labute approximate surface area is 148 Å². The summed E-state index contributed by atoms with van der Waals surface area (Å²) in [5.41, 5.74) is 6.37. The molecule has 2 amide bonds. The summed E-state index contributed by atoms with van der Waals surface area (Å²) in [4.78, 5) is 39.6. The Morgan fingerprint density at radius 3 is 2.84 bits per heavy atom. The Bertz CT molecular complexity index is 875. The average Bonchev–Trinajstić information content (AvgIpc) is 2.86. The van der Waals surface area contributed by atoms with Crippen LogP contribution in [0.15, 0.2) is 27.4 Å². The van der Waals surface area contributed by atoms with E-state index in [1.807, 2.05) is 11.9 Å². The van der Waals surface area contributed by atoms with Crippen molar-refractivity contribution in [3.8, 4) is 0 Å². The second-order valence-corrected chi connectivity index (χ2v) is 6.59. The standard InChI is InChI=1S/C16H19ClN4O4/c1-19-6-7-20(12(9-19)15(18)23)14(22)4-5-21-11-3-2-10(17)8-13(11)25-16(21)24/h2-3,8,12H,4-7,9H2,1H3,(H2,18,23). The van der Waals surface area contributed by atoms with E-state index < -0.39 is 17.7 Å². The molecular formula is C16H19ClN4O4. The third kappa shape index (κ3) is 3.54. The minimum atomic E-state index is -0.650. The molecule has 1 aromatic carbocycles. The first-order chi connectivity index (χ1) is 11.9. The molecule has 1 fully saturated rings. The van der Waals surface area contributed by atoms with Gasteiger partial charge in [0.15, 0.2) is 5.58 Å². The fraction of sp³-hybridized carbons (Fsp3) is 0.438. The number of oxazole rings is 1. The molecule has 1 aliphatic heterocycles. The minimum absolute atomic E-state index is 0.0741. The third-order valence-corrected chi connectivity index (χ3v) is 4.65. The van der Waals surface area contributed by atoms with Crippen LogP contribution in [0.4, 0.5) is 0 Å². The fourth-order valence-electron chi connectivity index (χ4n) is 3.06. The van der Waals surface area contributed by atoms with E-state index in [4.69, 9.17) is 21.8 Å². The van der Waals surface area contributed by atoms with Gasteiger partial charge in [-0.3, -0.25) is 14.2 Å². The van der Waals surface area contributed by atoms with Crippen LogP contribution >= 0.6 is 11.6 Å². The van der Waals surface area contributed by atoms with Crippen LogP contribution < -0.4 is 11.5 Å². The molecule has 2 heterocycles. The van der Waals surface area contributed by atoms with Crippen molar-refractivity contribution in [3.63, 3.8) is 0 Å². The van der Waals surface area contributed by atoms with Crippen molar-refractivity contribution in [2.24, 2.45) is 5.73 Å². The number of likely N-dealkylation sites (N-methyl/N-ethyl adjacent to an activating group) is 1. The number of benzene rings is 1. The number of amides is 2. The van der Waals surface area contributed by atoms with E-state index in [-0.39, 0.29) is 18.9 Å². The molecule has 9 heteroatoms. The van der Waals surface area contributed by atoms with Crippen molar-refractivity contribution < 1.29 is 14.0 Å². The van der Waals surface area contributed by atoms with Crippen LogP contribution in [0.3, 0.4) is 0 Å². The predicted molar refractivity (Wildman–Crippen MR) is 92.3 cm³/mol. The summed E-state index contributed by atoms with van der Waals surface area (Å²) in [5, 5.41) is 0.464. The molecule has 2 N–H and O–H groups in total. The average molecular weight is 367 g/mol. The largest absolute Gasteiger partial charge is 0.419 e. The lowest BCUT2D eigenvalue weighted by Gasteiger charge is -2.38. The van der Waals surface area contributed by atoms with Gasteiger partial charge in [0.1, 0.15) is 6.04 Å². The molecule has 1 atom stereocenters. The molecule has 25 heavy (non-hydrogen) atoms. The summed E-state index contributed by atoms with van der Waals surface area (Å²) in [7, 11) is 1.88. The maximum Gasteiger partial charge on any atom is 0.419 e. The first kappa shape index (κ1) is 17.5. The van der Waals surface area contributed by atoms with Gasteiger partial charge in [-0.25, -0.2) is 4.79 Å². The summed E-state index contributed by atoms with van der Waals surface area (Å²) in [6.45, 7) is 1.67. The zero-order valence-electron chi connectivity index (χ0n) is 13.8. The number of carbonyl (C=O) groups excluding carboxylic acids is 2. The smallest absolute Gasteiger partial charge is 0.408 e. The van der Waals surface area contributed by atoms with Crippen LogP contribution in [0.1, 0.15) is 6.42 Å².